The molecule has 2 unspecified atom stereocenters. The summed E-state index contributed by atoms with van der Waals surface area (Å²) < 4.78 is 9.49. The van der Waals surface area contributed by atoms with E-state index in [-0.39, 0.29) is 18.6 Å². The summed E-state index contributed by atoms with van der Waals surface area (Å²) in [6.07, 6.45) is 0.979. The first kappa shape index (κ1) is 10.5. The topological polar surface area (TPSA) is 79.2 Å². The number of methoxy groups -OCH3 is 2. The van der Waals surface area contributed by atoms with Gasteiger partial charge in [0.15, 0.2) is 11.6 Å². The zero-order valence-corrected chi connectivity index (χ0v) is 7.65. The minimum absolute atomic E-state index is 0.0465. The highest BCUT2D eigenvalue weighted by Crippen LogP contribution is 2.34. The van der Waals surface area contributed by atoms with Crippen LogP contribution < -0.4 is 0 Å². The molecule has 0 saturated carbocycles. The van der Waals surface area contributed by atoms with Crippen LogP contribution in [0.2, 0.25) is 0 Å². The van der Waals surface area contributed by atoms with Crippen LogP contribution in [0.4, 0.5) is 0 Å². The molecule has 0 bridgehead atoms. The zero-order valence-electron chi connectivity index (χ0n) is 7.65. The van der Waals surface area contributed by atoms with E-state index in [4.69, 9.17) is 9.47 Å². The first-order valence-corrected chi connectivity index (χ1v) is 3.89. The molecule has 1 aliphatic rings. The number of rotatable bonds is 2. The Kier molecular flexibility index (Phi) is 2.63. The van der Waals surface area contributed by atoms with Crippen LogP contribution in [-0.4, -0.2) is 41.1 Å². The molecule has 1 rings (SSSR count). The molecule has 5 nitrogen and oxygen atoms in total. The van der Waals surface area contributed by atoms with Gasteiger partial charge in [0, 0.05) is 20.3 Å². The highest BCUT2D eigenvalue weighted by Gasteiger charge is 2.43. The molecule has 76 valence electrons. The largest absolute Gasteiger partial charge is 0.512 e. The van der Waals surface area contributed by atoms with Gasteiger partial charge >= 0.3 is 0 Å². The summed E-state index contributed by atoms with van der Waals surface area (Å²) in [6, 6.07) is 0. The van der Waals surface area contributed by atoms with Crippen LogP contribution in [0.3, 0.4) is 0 Å². The number of hydrogen-bond donors (Lipinski definition) is 3. The Morgan fingerprint density at radius 2 is 1.92 bits per heavy atom. The van der Waals surface area contributed by atoms with Gasteiger partial charge in [-0.2, -0.15) is 0 Å². The molecule has 0 spiro atoms. The number of ether oxygens (including phenoxy) is 2. The number of aliphatic hydroxyl groups excluding tert-OH is 1. The van der Waals surface area contributed by atoms with Crippen molar-refractivity contribution >= 4 is 0 Å². The molecule has 13 heavy (non-hydrogen) atoms. The lowest BCUT2D eigenvalue weighted by Gasteiger charge is -2.37. The van der Waals surface area contributed by atoms with Crippen molar-refractivity contribution in [1.82, 2.24) is 0 Å². The molecule has 0 radical (unpaired) electrons. The van der Waals surface area contributed by atoms with Crippen molar-refractivity contribution in [2.45, 2.75) is 24.4 Å². The Balaban J connectivity index is 2.89. The average molecular weight is 190 g/mol. The lowest BCUT2D eigenvalue weighted by atomic mass is 9.94. The summed E-state index contributed by atoms with van der Waals surface area (Å²) in [5.41, 5.74) is 0. The van der Waals surface area contributed by atoms with Crippen LogP contribution in [0.5, 0.6) is 0 Å². The van der Waals surface area contributed by atoms with Crippen molar-refractivity contribution in [2.24, 2.45) is 0 Å². The minimum atomic E-state index is -1.66. The molecule has 0 aromatic carbocycles. The van der Waals surface area contributed by atoms with Crippen LogP contribution in [0.1, 0.15) is 12.8 Å². The highest BCUT2D eigenvalue weighted by molar-refractivity contribution is 5.10. The van der Waals surface area contributed by atoms with Crippen LogP contribution in [-0.2, 0) is 9.47 Å². The first-order valence-electron chi connectivity index (χ1n) is 3.89. The van der Waals surface area contributed by atoms with Gasteiger partial charge in [0.2, 0.25) is 0 Å². The molecular formula is C8H14O5. The molecule has 0 aromatic rings. The van der Waals surface area contributed by atoms with Crippen molar-refractivity contribution < 1.29 is 24.8 Å². The summed E-state index contributed by atoms with van der Waals surface area (Å²) in [4.78, 5) is 0. The van der Waals surface area contributed by atoms with E-state index >= 15 is 0 Å². The Morgan fingerprint density at radius 3 is 2.38 bits per heavy atom. The smallest absolute Gasteiger partial charge is 0.193 e. The average Bonchev–Trinajstić information content (AvgIpc) is 2.02. The maximum absolute atomic E-state index is 9.65. The third-order valence-corrected chi connectivity index (χ3v) is 2.11. The monoisotopic (exact) mass is 190 g/mol. The normalized spacial score (nSPS) is 40.2. The third kappa shape index (κ3) is 2.19. The molecule has 0 aliphatic heterocycles. The Morgan fingerprint density at radius 1 is 1.31 bits per heavy atom. The Labute approximate surface area is 76.2 Å². The summed E-state index contributed by atoms with van der Waals surface area (Å²) in [7, 11) is 2.58. The summed E-state index contributed by atoms with van der Waals surface area (Å²) in [5, 5.41) is 28.5. The minimum Gasteiger partial charge on any atom is -0.512 e. The second kappa shape index (κ2) is 3.26. The molecule has 0 heterocycles. The standard InChI is InChI=1S/C8H14O5/c1-12-7(10)3-6(9)4-8(11,5-7)13-2/h3,9-11H,4-5H2,1-2H3. The van der Waals surface area contributed by atoms with Crippen molar-refractivity contribution in [3.05, 3.63) is 11.8 Å². The number of hydrogen-bond acceptors (Lipinski definition) is 5. The molecule has 0 saturated heterocycles. The van der Waals surface area contributed by atoms with Crippen molar-refractivity contribution in [3.8, 4) is 0 Å². The van der Waals surface area contributed by atoms with Gasteiger partial charge in [0.25, 0.3) is 0 Å². The van der Waals surface area contributed by atoms with Gasteiger partial charge in [0.05, 0.1) is 18.6 Å². The second-order valence-corrected chi connectivity index (χ2v) is 3.19. The first-order chi connectivity index (χ1) is 5.93. The van der Waals surface area contributed by atoms with Gasteiger partial charge in [0.1, 0.15) is 0 Å². The van der Waals surface area contributed by atoms with E-state index in [2.05, 4.69) is 0 Å². The van der Waals surface area contributed by atoms with E-state index in [1.54, 1.807) is 0 Å². The Bertz CT molecular complexity index is 227. The quantitative estimate of drug-likeness (QED) is 0.529. The molecule has 0 fully saturated rings. The van der Waals surface area contributed by atoms with E-state index in [0.29, 0.717) is 0 Å². The predicted molar refractivity (Wildman–Crippen MR) is 43.9 cm³/mol. The summed E-state index contributed by atoms with van der Waals surface area (Å²) in [5.74, 6) is -3.38. The summed E-state index contributed by atoms with van der Waals surface area (Å²) in [6.45, 7) is 0. The fourth-order valence-electron chi connectivity index (χ4n) is 1.38. The molecular weight excluding hydrogens is 176 g/mol. The van der Waals surface area contributed by atoms with E-state index in [1.807, 2.05) is 0 Å². The van der Waals surface area contributed by atoms with Gasteiger partial charge in [-0.25, -0.2) is 0 Å². The summed E-state index contributed by atoms with van der Waals surface area (Å²) >= 11 is 0. The van der Waals surface area contributed by atoms with E-state index < -0.39 is 11.6 Å². The Hall–Kier alpha value is -0.620. The predicted octanol–water partition coefficient (Wildman–Crippen LogP) is -0.108. The van der Waals surface area contributed by atoms with Gasteiger partial charge < -0.3 is 24.8 Å². The molecule has 0 aromatic heterocycles. The van der Waals surface area contributed by atoms with Crippen LogP contribution in [0.25, 0.3) is 0 Å². The molecule has 3 N–H and O–H groups in total. The molecule has 1 aliphatic carbocycles. The lowest BCUT2D eigenvalue weighted by molar-refractivity contribution is -0.266. The molecule has 0 amide bonds. The van der Waals surface area contributed by atoms with Gasteiger partial charge in [-0.15, -0.1) is 0 Å². The van der Waals surface area contributed by atoms with E-state index in [0.717, 1.165) is 6.08 Å². The second-order valence-electron chi connectivity index (χ2n) is 3.19. The molecule has 2 atom stereocenters. The van der Waals surface area contributed by atoms with Crippen LogP contribution in [0.15, 0.2) is 11.8 Å². The van der Waals surface area contributed by atoms with Gasteiger partial charge in [-0.3, -0.25) is 0 Å². The van der Waals surface area contributed by atoms with Crippen molar-refractivity contribution in [2.75, 3.05) is 14.2 Å². The zero-order chi connectivity index (χ0) is 10.1. The van der Waals surface area contributed by atoms with Crippen molar-refractivity contribution in [1.29, 1.82) is 0 Å². The fraction of sp³-hybridized carbons (Fsp3) is 0.750. The highest BCUT2D eigenvalue weighted by atomic mass is 16.6. The van der Waals surface area contributed by atoms with Crippen LogP contribution in [0, 0.1) is 0 Å². The SMILES string of the molecule is COC1(O)C=C(O)CC(O)(OC)C1. The maximum Gasteiger partial charge on any atom is 0.193 e. The fourth-order valence-corrected chi connectivity index (χ4v) is 1.38. The van der Waals surface area contributed by atoms with Gasteiger partial charge in [-0.1, -0.05) is 0 Å². The van der Waals surface area contributed by atoms with Crippen molar-refractivity contribution in [3.63, 3.8) is 0 Å². The molecule has 5 heteroatoms. The maximum atomic E-state index is 9.65. The third-order valence-electron chi connectivity index (χ3n) is 2.11. The van der Waals surface area contributed by atoms with Gasteiger partial charge in [-0.05, 0) is 0 Å². The number of aliphatic hydroxyl groups is 3. The van der Waals surface area contributed by atoms with Crippen LogP contribution >= 0.6 is 0 Å². The lowest BCUT2D eigenvalue weighted by Crippen LogP contribution is -2.46. The van der Waals surface area contributed by atoms with E-state index in [9.17, 15) is 15.3 Å². The van der Waals surface area contributed by atoms with E-state index in [1.165, 1.54) is 14.2 Å².